The normalized spacial score (nSPS) is 13.5. The van der Waals surface area contributed by atoms with E-state index in [1.54, 1.807) is 11.3 Å². The number of nitrogen functional groups attached to an aromatic ring is 1. The molecular weight excluding hydrogens is 302 g/mol. The lowest BCUT2D eigenvalue weighted by molar-refractivity contribution is 0.103. The minimum atomic E-state index is -0.0952. The Balaban J connectivity index is 1.60. The molecule has 2 aromatic heterocycles. The summed E-state index contributed by atoms with van der Waals surface area (Å²) in [6, 6.07) is 7.57. The molecule has 1 aromatic carbocycles. The van der Waals surface area contributed by atoms with E-state index >= 15 is 0 Å². The minimum Gasteiger partial charge on any atom is -0.399 e. The average Bonchev–Trinajstić information content (AvgIpc) is 3.10. The van der Waals surface area contributed by atoms with Crippen LogP contribution in [0.1, 0.15) is 26.7 Å². The summed E-state index contributed by atoms with van der Waals surface area (Å²) in [6.07, 6.45) is 3.30. The number of nitrogens with zero attached hydrogens (tertiary/aromatic N) is 1. The number of amides is 1. The van der Waals surface area contributed by atoms with Crippen LogP contribution in [-0.2, 0) is 12.8 Å². The van der Waals surface area contributed by atoms with Crippen LogP contribution in [0.5, 0.6) is 0 Å². The van der Waals surface area contributed by atoms with Crippen LogP contribution in [0.4, 0.5) is 10.8 Å². The Bertz CT molecular complexity index is 828. The molecule has 3 aromatic rings. The molecule has 0 bridgehead atoms. The zero-order chi connectivity index (χ0) is 14.4. The van der Waals surface area contributed by atoms with Crippen molar-refractivity contribution in [1.82, 2.24) is 4.98 Å². The van der Waals surface area contributed by atoms with Crippen LogP contribution in [0.15, 0.2) is 24.3 Å². The summed E-state index contributed by atoms with van der Waals surface area (Å²) in [5.74, 6) is -0.0952. The number of nitrogens with two attached hydrogens (primary N) is 1. The summed E-state index contributed by atoms with van der Waals surface area (Å²) in [7, 11) is 0. The second-order valence-electron chi connectivity index (χ2n) is 5.10. The van der Waals surface area contributed by atoms with E-state index < -0.39 is 0 Å². The van der Waals surface area contributed by atoms with Crippen LogP contribution < -0.4 is 11.1 Å². The van der Waals surface area contributed by atoms with Crippen molar-refractivity contribution < 1.29 is 4.79 Å². The monoisotopic (exact) mass is 315 g/mol. The molecule has 0 aliphatic heterocycles. The van der Waals surface area contributed by atoms with Gasteiger partial charge in [0.05, 0.1) is 10.6 Å². The number of fused-ring (bicyclic) bond motifs is 2. The van der Waals surface area contributed by atoms with Gasteiger partial charge in [-0.15, -0.1) is 22.7 Å². The molecule has 0 fully saturated rings. The lowest BCUT2D eigenvalue weighted by Gasteiger charge is -1.98. The summed E-state index contributed by atoms with van der Waals surface area (Å²) in [6.45, 7) is 0. The van der Waals surface area contributed by atoms with Crippen molar-refractivity contribution in [1.29, 1.82) is 0 Å². The molecule has 106 valence electrons. The smallest absolute Gasteiger partial charge is 0.267 e. The van der Waals surface area contributed by atoms with E-state index in [0.29, 0.717) is 15.7 Å². The molecule has 0 saturated heterocycles. The third-order valence-corrected chi connectivity index (χ3v) is 5.77. The van der Waals surface area contributed by atoms with Crippen molar-refractivity contribution in [2.24, 2.45) is 0 Å². The van der Waals surface area contributed by atoms with E-state index in [1.165, 1.54) is 22.6 Å². The Morgan fingerprint density at radius 2 is 2.14 bits per heavy atom. The van der Waals surface area contributed by atoms with E-state index in [1.807, 2.05) is 24.3 Å². The number of nitrogens with one attached hydrogen (secondary N) is 1. The summed E-state index contributed by atoms with van der Waals surface area (Å²) >= 11 is 3.07. The zero-order valence-corrected chi connectivity index (χ0v) is 12.8. The predicted octanol–water partition coefficient (Wildman–Crippen LogP) is 3.68. The van der Waals surface area contributed by atoms with Crippen molar-refractivity contribution in [2.45, 2.75) is 19.3 Å². The number of carbonyl (C=O) groups excluding carboxylic acids is 1. The van der Waals surface area contributed by atoms with Crippen LogP contribution >= 0.6 is 22.7 Å². The van der Waals surface area contributed by atoms with Gasteiger partial charge in [-0.2, -0.15) is 0 Å². The number of hydrogen-bond donors (Lipinski definition) is 2. The predicted molar refractivity (Wildman–Crippen MR) is 88.3 cm³/mol. The van der Waals surface area contributed by atoms with Crippen molar-refractivity contribution in [2.75, 3.05) is 11.1 Å². The molecular formula is C15H13N3OS2. The number of anilines is 2. The number of thiophene rings is 1. The highest BCUT2D eigenvalue weighted by atomic mass is 32.1. The summed E-state index contributed by atoms with van der Waals surface area (Å²) in [5, 5.41) is 4.63. The molecule has 0 spiro atoms. The molecule has 1 aliphatic carbocycles. The molecule has 4 nitrogen and oxygen atoms in total. The van der Waals surface area contributed by atoms with Gasteiger partial charge in [0.1, 0.15) is 0 Å². The maximum Gasteiger partial charge on any atom is 0.267 e. The number of hydrogen-bond acceptors (Lipinski definition) is 5. The highest BCUT2D eigenvalue weighted by Gasteiger charge is 2.18. The maximum absolute atomic E-state index is 12.3. The van der Waals surface area contributed by atoms with E-state index in [2.05, 4.69) is 10.3 Å². The highest BCUT2D eigenvalue weighted by molar-refractivity contribution is 7.21. The van der Waals surface area contributed by atoms with Gasteiger partial charge in [-0.1, -0.05) is 0 Å². The molecule has 4 rings (SSSR count). The molecule has 2 heterocycles. The van der Waals surface area contributed by atoms with Crippen molar-refractivity contribution >= 4 is 49.5 Å². The van der Waals surface area contributed by atoms with Gasteiger partial charge in [-0.25, -0.2) is 4.98 Å². The van der Waals surface area contributed by atoms with Crippen LogP contribution in [-0.4, -0.2) is 10.9 Å². The SMILES string of the molecule is Nc1ccc2sc(C(=O)Nc3nc4c(s3)CCC4)cc2c1. The third kappa shape index (κ3) is 2.30. The zero-order valence-electron chi connectivity index (χ0n) is 11.2. The molecule has 1 amide bonds. The van der Waals surface area contributed by atoms with Gasteiger partial charge in [0.2, 0.25) is 0 Å². The number of aromatic nitrogens is 1. The fourth-order valence-corrected chi connectivity index (χ4v) is 4.56. The number of aryl methyl sites for hydroxylation is 2. The lowest BCUT2D eigenvalue weighted by atomic mass is 10.2. The van der Waals surface area contributed by atoms with Gasteiger partial charge in [0.25, 0.3) is 5.91 Å². The van der Waals surface area contributed by atoms with Crippen LogP contribution in [0.2, 0.25) is 0 Å². The van der Waals surface area contributed by atoms with Crippen LogP contribution in [0, 0.1) is 0 Å². The molecule has 3 N–H and O–H groups in total. The molecule has 6 heteroatoms. The first kappa shape index (κ1) is 12.8. The van der Waals surface area contributed by atoms with Crippen molar-refractivity contribution in [3.8, 4) is 0 Å². The Labute approximate surface area is 129 Å². The average molecular weight is 315 g/mol. The molecule has 1 aliphatic rings. The van der Waals surface area contributed by atoms with Gasteiger partial charge in [0, 0.05) is 15.3 Å². The fourth-order valence-electron chi connectivity index (χ4n) is 2.58. The van der Waals surface area contributed by atoms with Gasteiger partial charge >= 0.3 is 0 Å². The minimum absolute atomic E-state index is 0.0952. The maximum atomic E-state index is 12.3. The van der Waals surface area contributed by atoms with Crippen molar-refractivity contribution in [3.63, 3.8) is 0 Å². The molecule has 0 atom stereocenters. The molecule has 21 heavy (non-hydrogen) atoms. The lowest BCUT2D eigenvalue weighted by Crippen LogP contribution is -2.09. The largest absolute Gasteiger partial charge is 0.399 e. The van der Waals surface area contributed by atoms with Crippen LogP contribution in [0.3, 0.4) is 0 Å². The Hall–Kier alpha value is -1.92. The van der Waals surface area contributed by atoms with E-state index in [4.69, 9.17) is 5.73 Å². The Kier molecular flexibility index (Phi) is 2.94. The Morgan fingerprint density at radius 3 is 3.00 bits per heavy atom. The quantitative estimate of drug-likeness (QED) is 0.709. The van der Waals surface area contributed by atoms with Gasteiger partial charge < -0.3 is 5.73 Å². The van der Waals surface area contributed by atoms with Gasteiger partial charge in [-0.3, -0.25) is 10.1 Å². The molecule has 0 saturated carbocycles. The first-order chi connectivity index (χ1) is 10.2. The van der Waals surface area contributed by atoms with Gasteiger partial charge in [0.15, 0.2) is 5.13 Å². The topological polar surface area (TPSA) is 68.0 Å². The number of thiazole rings is 1. The van der Waals surface area contributed by atoms with Crippen molar-refractivity contribution in [3.05, 3.63) is 39.7 Å². The number of rotatable bonds is 2. The standard InChI is InChI=1S/C15H13N3OS2/c16-9-4-5-11-8(6-9)7-13(20-11)14(19)18-15-17-10-2-1-3-12(10)21-15/h4-7H,1-3,16H2,(H,17,18,19). The Morgan fingerprint density at radius 1 is 1.24 bits per heavy atom. The second-order valence-corrected chi connectivity index (χ2v) is 7.27. The molecule has 0 radical (unpaired) electrons. The summed E-state index contributed by atoms with van der Waals surface area (Å²) in [5.41, 5.74) is 7.63. The van der Waals surface area contributed by atoms with E-state index in [9.17, 15) is 4.79 Å². The molecule has 0 unspecified atom stereocenters. The highest BCUT2D eigenvalue weighted by Crippen LogP contribution is 2.32. The van der Waals surface area contributed by atoms with Crippen LogP contribution in [0.25, 0.3) is 10.1 Å². The summed E-state index contributed by atoms with van der Waals surface area (Å²) < 4.78 is 1.07. The summed E-state index contributed by atoms with van der Waals surface area (Å²) in [4.78, 5) is 18.8. The van der Waals surface area contributed by atoms with Gasteiger partial charge in [-0.05, 0) is 48.9 Å². The second kappa shape index (κ2) is 4.82. The number of carbonyl (C=O) groups is 1. The third-order valence-electron chi connectivity index (χ3n) is 3.58. The van der Waals surface area contributed by atoms with E-state index in [0.717, 1.165) is 28.6 Å². The number of benzene rings is 1. The van der Waals surface area contributed by atoms with E-state index in [-0.39, 0.29) is 5.91 Å². The first-order valence-corrected chi connectivity index (χ1v) is 8.41. The first-order valence-electron chi connectivity index (χ1n) is 6.78. The fraction of sp³-hybridized carbons (Fsp3) is 0.200.